The molecule has 1 amide bonds. The third-order valence-electron chi connectivity index (χ3n) is 3.52. The molecule has 0 spiro atoms. The van der Waals surface area contributed by atoms with E-state index >= 15 is 0 Å². The zero-order valence-electron chi connectivity index (χ0n) is 11.4. The van der Waals surface area contributed by atoms with Crippen LogP contribution in [-0.2, 0) is 4.79 Å². The number of hydrogen-bond donors (Lipinski definition) is 2. The Morgan fingerprint density at radius 1 is 1.22 bits per heavy atom. The number of aryl methyl sites for hydroxylation is 2. The first kappa shape index (κ1) is 13.1. The van der Waals surface area contributed by atoms with E-state index in [-0.39, 0.29) is 11.8 Å². The Morgan fingerprint density at radius 3 is 2.44 bits per heavy atom. The van der Waals surface area contributed by atoms with Crippen molar-refractivity contribution in [1.29, 1.82) is 0 Å². The largest absolute Gasteiger partial charge is 0.326 e. The Kier molecular flexibility index (Phi) is 4.02. The molecule has 1 fully saturated rings. The Bertz CT molecular complexity index is 414. The van der Waals surface area contributed by atoms with Crippen molar-refractivity contribution in [3.8, 4) is 0 Å². The van der Waals surface area contributed by atoms with Crippen LogP contribution in [0.25, 0.3) is 0 Å². The fraction of sp³-hybridized carbons (Fsp3) is 0.533. The summed E-state index contributed by atoms with van der Waals surface area (Å²) in [6.07, 6.45) is 2.05. The predicted molar refractivity (Wildman–Crippen MR) is 74.7 cm³/mol. The summed E-state index contributed by atoms with van der Waals surface area (Å²) in [6, 6.07) is 6.68. The van der Waals surface area contributed by atoms with Crippen LogP contribution < -0.4 is 10.6 Å². The summed E-state index contributed by atoms with van der Waals surface area (Å²) in [5.74, 6) is 0.237. The number of piperidine rings is 1. The second kappa shape index (κ2) is 5.53. The molecule has 0 aliphatic carbocycles. The van der Waals surface area contributed by atoms with Crippen LogP contribution in [0.3, 0.4) is 0 Å². The molecule has 1 aliphatic rings. The summed E-state index contributed by atoms with van der Waals surface area (Å²) in [6.45, 7) is 7.05. The highest BCUT2D eigenvalue weighted by Gasteiger charge is 2.23. The van der Waals surface area contributed by atoms with Crippen LogP contribution in [0.4, 0.5) is 5.69 Å². The highest BCUT2D eigenvalue weighted by atomic mass is 16.1. The average Bonchev–Trinajstić information content (AvgIpc) is 2.28. The second-order valence-corrected chi connectivity index (χ2v) is 5.45. The number of rotatable bonds is 2. The third kappa shape index (κ3) is 3.33. The lowest BCUT2D eigenvalue weighted by Gasteiger charge is -2.26. The zero-order chi connectivity index (χ0) is 13.1. The van der Waals surface area contributed by atoms with E-state index in [2.05, 4.69) is 23.6 Å². The summed E-state index contributed by atoms with van der Waals surface area (Å²) in [5.41, 5.74) is 3.28. The van der Waals surface area contributed by atoms with Gasteiger partial charge in [0.1, 0.15) is 0 Å². The molecule has 1 saturated heterocycles. The fourth-order valence-electron chi connectivity index (χ4n) is 2.51. The van der Waals surface area contributed by atoms with Gasteiger partial charge in [0.25, 0.3) is 0 Å². The van der Waals surface area contributed by atoms with E-state index < -0.39 is 0 Å². The Balaban J connectivity index is 1.98. The van der Waals surface area contributed by atoms with Gasteiger partial charge in [-0.3, -0.25) is 4.79 Å². The summed E-state index contributed by atoms with van der Waals surface area (Å²) in [7, 11) is 0. The topological polar surface area (TPSA) is 41.1 Å². The van der Waals surface area contributed by atoms with Gasteiger partial charge in [-0.2, -0.15) is 0 Å². The quantitative estimate of drug-likeness (QED) is 0.842. The SMILES string of the molecule is Cc1cc(C)cc(NC(=O)C2CCC(C)NC2)c1. The van der Waals surface area contributed by atoms with E-state index in [1.807, 2.05) is 26.0 Å². The molecule has 0 saturated carbocycles. The second-order valence-electron chi connectivity index (χ2n) is 5.45. The molecule has 3 heteroatoms. The smallest absolute Gasteiger partial charge is 0.228 e. The molecule has 1 aromatic rings. The Morgan fingerprint density at radius 2 is 1.89 bits per heavy atom. The molecule has 3 nitrogen and oxygen atoms in total. The van der Waals surface area contributed by atoms with Gasteiger partial charge in [0.15, 0.2) is 0 Å². The highest BCUT2D eigenvalue weighted by molar-refractivity contribution is 5.92. The van der Waals surface area contributed by atoms with Crippen LogP contribution in [0.15, 0.2) is 18.2 Å². The van der Waals surface area contributed by atoms with Crippen molar-refractivity contribution in [2.45, 2.75) is 39.7 Å². The molecule has 1 aromatic carbocycles. The summed E-state index contributed by atoms with van der Waals surface area (Å²) < 4.78 is 0. The van der Waals surface area contributed by atoms with Crippen molar-refractivity contribution < 1.29 is 4.79 Å². The summed E-state index contributed by atoms with van der Waals surface area (Å²) >= 11 is 0. The molecule has 18 heavy (non-hydrogen) atoms. The van der Waals surface area contributed by atoms with E-state index in [1.165, 1.54) is 11.1 Å². The number of hydrogen-bond acceptors (Lipinski definition) is 2. The number of carbonyl (C=O) groups excluding carboxylic acids is 1. The van der Waals surface area contributed by atoms with E-state index in [1.54, 1.807) is 0 Å². The van der Waals surface area contributed by atoms with Crippen molar-refractivity contribution in [2.75, 3.05) is 11.9 Å². The fourth-order valence-corrected chi connectivity index (χ4v) is 2.51. The lowest BCUT2D eigenvalue weighted by Crippen LogP contribution is -2.41. The van der Waals surface area contributed by atoms with Gasteiger partial charge in [0, 0.05) is 18.3 Å². The van der Waals surface area contributed by atoms with Crippen LogP contribution in [0.5, 0.6) is 0 Å². The van der Waals surface area contributed by atoms with E-state index in [0.717, 1.165) is 25.1 Å². The van der Waals surface area contributed by atoms with Gasteiger partial charge in [-0.15, -0.1) is 0 Å². The minimum absolute atomic E-state index is 0.0991. The van der Waals surface area contributed by atoms with Crippen LogP contribution in [0, 0.1) is 19.8 Å². The minimum atomic E-state index is 0.0991. The van der Waals surface area contributed by atoms with Crippen molar-refractivity contribution in [3.63, 3.8) is 0 Å². The maximum absolute atomic E-state index is 12.1. The zero-order valence-corrected chi connectivity index (χ0v) is 11.4. The molecule has 2 N–H and O–H groups in total. The van der Waals surface area contributed by atoms with Crippen LogP contribution in [0.2, 0.25) is 0 Å². The van der Waals surface area contributed by atoms with E-state index in [0.29, 0.717) is 6.04 Å². The van der Waals surface area contributed by atoms with Crippen LogP contribution >= 0.6 is 0 Å². The van der Waals surface area contributed by atoms with E-state index in [4.69, 9.17) is 0 Å². The van der Waals surface area contributed by atoms with Crippen molar-refractivity contribution in [3.05, 3.63) is 29.3 Å². The molecule has 1 heterocycles. The average molecular weight is 246 g/mol. The monoisotopic (exact) mass is 246 g/mol. The van der Waals surface area contributed by atoms with Gasteiger partial charge >= 0.3 is 0 Å². The maximum Gasteiger partial charge on any atom is 0.228 e. The Labute approximate surface area is 109 Å². The maximum atomic E-state index is 12.1. The number of benzene rings is 1. The first-order valence-corrected chi connectivity index (χ1v) is 6.67. The third-order valence-corrected chi connectivity index (χ3v) is 3.52. The molecule has 0 bridgehead atoms. The molecule has 2 unspecified atom stereocenters. The number of carbonyl (C=O) groups is 1. The van der Waals surface area contributed by atoms with E-state index in [9.17, 15) is 4.79 Å². The molecule has 1 aliphatic heterocycles. The molecule has 0 aromatic heterocycles. The van der Waals surface area contributed by atoms with Crippen LogP contribution in [0.1, 0.15) is 30.9 Å². The first-order chi connectivity index (χ1) is 8.54. The standard InChI is InChI=1S/C15H22N2O/c1-10-6-11(2)8-14(7-10)17-15(18)13-5-4-12(3)16-9-13/h6-8,12-13,16H,4-5,9H2,1-3H3,(H,17,18). The predicted octanol–water partition coefficient (Wildman–Crippen LogP) is 2.63. The molecule has 98 valence electrons. The van der Waals surface area contributed by atoms with Crippen molar-refractivity contribution >= 4 is 11.6 Å². The van der Waals surface area contributed by atoms with Crippen molar-refractivity contribution in [1.82, 2.24) is 5.32 Å². The van der Waals surface area contributed by atoms with Crippen LogP contribution in [-0.4, -0.2) is 18.5 Å². The first-order valence-electron chi connectivity index (χ1n) is 6.67. The summed E-state index contributed by atoms with van der Waals surface area (Å²) in [5, 5.41) is 6.39. The summed E-state index contributed by atoms with van der Waals surface area (Å²) in [4.78, 5) is 12.1. The van der Waals surface area contributed by atoms with Gasteiger partial charge in [-0.1, -0.05) is 6.07 Å². The number of anilines is 1. The molecule has 2 atom stereocenters. The molecule has 0 radical (unpaired) electrons. The normalized spacial score (nSPS) is 23.7. The Hall–Kier alpha value is -1.35. The van der Waals surface area contributed by atoms with Gasteiger partial charge in [-0.25, -0.2) is 0 Å². The highest BCUT2D eigenvalue weighted by Crippen LogP contribution is 2.18. The van der Waals surface area contributed by atoms with Gasteiger partial charge < -0.3 is 10.6 Å². The van der Waals surface area contributed by atoms with Gasteiger partial charge in [0.05, 0.1) is 5.92 Å². The lowest BCUT2D eigenvalue weighted by atomic mass is 9.94. The minimum Gasteiger partial charge on any atom is -0.326 e. The number of amides is 1. The molecule has 2 rings (SSSR count). The van der Waals surface area contributed by atoms with Gasteiger partial charge in [0.2, 0.25) is 5.91 Å². The molecular formula is C15H22N2O. The van der Waals surface area contributed by atoms with Crippen molar-refractivity contribution in [2.24, 2.45) is 5.92 Å². The lowest BCUT2D eigenvalue weighted by molar-refractivity contribution is -0.120. The number of nitrogens with one attached hydrogen (secondary N) is 2. The van der Waals surface area contributed by atoms with Gasteiger partial charge in [-0.05, 0) is 56.9 Å². The molecular weight excluding hydrogens is 224 g/mol.